The van der Waals surface area contributed by atoms with Crippen LogP contribution in [0.25, 0.3) is 0 Å². The molecule has 30 heavy (non-hydrogen) atoms. The average molecular weight is 401 g/mol. The maximum absolute atomic E-state index is 12.4. The number of benzene rings is 3. The van der Waals surface area contributed by atoms with Gasteiger partial charge in [-0.15, -0.1) is 0 Å². The summed E-state index contributed by atoms with van der Waals surface area (Å²) in [5.74, 6) is -0.993. The minimum absolute atomic E-state index is 0.145. The van der Waals surface area contributed by atoms with Crippen LogP contribution in [0.1, 0.15) is 38.8 Å². The van der Waals surface area contributed by atoms with Crippen LogP contribution in [0.15, 0.2) is 78.9 Å². The number of carbonyl (C=O) groups is 3. The molecule has 0 fully saturated rings. The smallest absolute Gasteiger partial charge is 0.338 e. The molecule has 5 heteroatoms. The molecule has 0 aliphatic carbocycles. The van der Waals surface area contributed by atoms with Crippen LogP contribution in [0, 0.1) is 6.92 Å². The van der Waals surface area contributed by atoms with Crippen LogP contribution in [-0.2, 0) is 16.0 Å². The van der Waals surface area contributed by atoms with Crippen molar-refractivity contribution in [2.45, 2.75) is 26.4 Å². The Kier molecular flexibility index (Phi) is 6.75. The monoisotopic (exact) mass is 401 g/mol. The van der Waals surface area contributed by atoms with E-state index in [0.717, 1.165) is 11.1 Å². The molecule has 0 aromatic heterocycles. The lowest BCUT2D eigenvalue weighted by Gasteiger charge is -2.13. The van der Waals surface area contributed by atoms with Gasteiger partial charge < -0.3 is 10.1 Å². The predicted molar refractivity (Wildman–Crippen MR) is 116 cm³/mol. The molecule has 3 aromatic carbocycles. The number of carbonyl (C=O) groups excluding carboxylic acids is 3. The second-order valence-electron chi connectivity index (χ2n) is 7.07. The molecule has 1 N–H and O–H groups in total. The summed E-state index contributed by atoms with van der Waals surface area (Å²) in [5, 5.41) is 2.80. The second kappa shape index (κ2) is 9.65. The molecular formula is C25H23NO4. The highest BCUT2D eigenvalue weighted by Crippen LogP contribution is 2.14. The third-order valence-corrected chi connectivity index (χ3v) is 4.60. The van der Waals surface area contributed by atoms with Gasteiger partial charge in [0.15, 0.2) is 6.10 Å². The summed E-state index contributed by atoms with van der Waals surface area (Å²) in [6, 6.07) is 22.9. The van der Waals surface area contributed by atoms with E-state index in [0.29, 0.717) is 16.8 Å². The van der Waals surface area contributed by atoms with Crippen molar-refractivity contribution >= 4 is 23.3 Å². The normalized spacial score (nSPS) is 11.4. The van der Waals surface area contributed by atoms with Crippen molar-refractivity contribution in [2.24, 2.45) is 0 Å². The summed E-state index contributed by atoms with van der Waals surface area (Å²) in [6.45, 7) is 3.49. The third-order valence-electron chi connectivity index (χ3n) is 4.60. The van der Waals surface area contributed by atoms with E-state index < -0.39 is 12.1 Å². The first-order valence-corrected chi connectivity index (χ1v) is 9.68. The first kappa shape index (κ1) is 21.0. The van der Waals surface area contributed by atoms with Crippen molar-refractivity contribution in [3.63, 3.8) is 0 Å². The molecule has 0 aliphatic rings. The number of rotatable bonds is 7. The van der Waals surface area contributed by atoms with Crippen LogP contribution in [0.2, 0.25) is 0 Å². The Morgan fingerprint density at radius 3 is 2.07 bits per heavy atom. The van der Waals surface area contributed by atoms with Crippen molar-refractivity contribution in [3.05, 3.63) is 101 Å². The lowest BCUT2D eigenvalue weighted by Crippen LogP contribution is -2.24. The van der Waals surface area contributed by atoms with E-state index in [4.69, 9.17) is 4.74 Å². The molecule has 0 saturated carbocycles. The molecule has 3 rings (SSSR count). The van der Waals surface area contributed by atoms with E-state index in [1.807, 2.05) is 49.4 Å². The summed E-state index contributed by atoms with van der Waals surface area (Å²) in [7, 11) is 0. The number of ketones is 1. The molecule has 1 atom stereocenters. The maximum Gasteiger partial charge on any atom is 0.338 e. The second-order valence-corrected chi connectivity index (χ2v) is 7.07. The van der Waals surface area contributed by atoms with Gasteiger partial charge in [-0.25, -0.2) is 4.79 Å². The quantitative estimate of drug-likeness (QED) is 0.464. The van der Waals surface area contributed by atoms with Gasteiger partial charge in [0.2, 0.25) is 11.7 Å². The lowest BCUT2D eigenvalue weighted by molar-refractivity contribution is -0.115. The summed E-state index contributed by atoms with van der Waals surface area (Å²) < 4.78 is 5.31. The molecule has 1 amide bonds. The van der Waals surface area contributed by atoms with Gasteiger partial charge >= 0.3 is 5.97 Å². The van der Waals surface area contributed by atoms with Crippen LogP contribution in [-0.4, -0.2) is 23.8 Å². The van der Waals surface area contributed by atoms with E-state index >= 15 is 0 Å². The van der Waals surface area contributed by atoms with Crippen molar-refractivity contribution in [1.82, 2.24) is 0 Å². The highest BCUT2D eigenvalue weighted by atomic mass is 16.5. The molecule has 0 heterocycles. The molecular weight excluding hydrogens is 378 g/mol. The number of amides is 1. The number of hydrogen-bond acceptors (Lipinski definition) is 4. The minimum atomic E-state index is -0.898. The highest BCUT2D eigenvalue weighted by Gasteiger charge is 2.20. The molecule has 152 valence electrons. The van der Waals surface area contributed by atoms with Crippen LogP contribution >= 0.6 is 0 Å². The lowest BCUT2D eigenvalue weighted by atomic mass is 10.1. The number of nitrogens with one attached hydrogen (secondary N) is 1. The fourth-order valence-corrected chi connectivity index (χ4v) is 2.91. The molecule has 0 saturated heterocycles. The zero-order valence-electron chi connectivity index (χ0n) is 16.9. The van der Waals surface area contributed by atoms with Crippen LogP contribution in [0.5, 0.6) is 0 Å². The minimum Gasteiger partial charge on any atom is -0.451 e. The summed E-state index contributed by atoms with van der Waals surface area (Å²) in [6.07, 6.45) is -0.631. The molecule has 0 radical (unpaired) electrons. The number of hydrogen-bond donors (Lipinski definition) is 1. The van der Waals surface area contributed by atoms with Crippen molar-refractivity contribution < 1.29 is 19.1 Å². The van der Waals surface area contributed by atoms with Crippen LogP contribution < -0.4 is 5.32 Å². The Labute approximate surface area is 175 Å². The summed E-state index contributed by atoms with van der Waals surface area (Å²) in [4.78, 5) is 36.9. The molecule has 0 spiro atoms. The molecule has 1 unspecified atom stereocenters. The number of esters is 1. The molecule has 0 bridgehead atoms. The van der Waals surface area contributed by atoms with E-state index in [1.54, 1.807) is 43.3 Å². The number of aryl methyl sites for hydroxylation is 1. The topological polar surface area (TPSA) is 72.5 Å². The number of Topliss-reactive ketones (excluding diaryl/α,β-unsaturated/α-hetero) is 1. The zero-order valence-corrected chi connectivity index (χ0v) is 16.9. The Bertz CT molecular complexity index is 1030. The standard InChI is InChI=1S/C25H23NO4/c1-17-8-10-20(11-9-17)24(28)18(2)30-25(29)21-12-14-22(15-13-21)26-23(27)16-19-6-4-3-5-7-19/h3-15,18H,16H2,1-2H3,(H,26,27). The van der Waals surface area contributed by atoms with Gasteiger partial charge in [0.1, 0.15) is 0 Å². The van der Waals surface area contributed by atoms with Gasteiger partial charge in [-0.3, -0.25) is 9.59 Å². The largest absolute Gasteiger partial charge is 0.451 e. The first-order chi connectivity index (χ1) is 14.4. The highest BCUT2D eigenvalue weighted by molar-refractivity contribution is 6.01. The first-order valence-electron chi connectivity index (χ1n) is 9.68. The summed E-state index contributed by atoms with van der Waals surface area (Å²) >= 11 is 0. The van der Waals surface area contributed by atoms with Gasteiger partial charge in [0, 0.05) is 11.3 Å². The van der Waals surface area contributed by atoms with Crippen LogP contribution in [0.4, 0.5) is 5.69 Å². The van der Waals surface area contributed by atoms with E-state index in [9.17, 15) is 14.4 Å². The Morgan fingerprint density at radius 1 is 0.833 bits per heavy atom. The van der Waals surface area contributed by atoms with E-state index in [1.165, 1.54) is 0 Å². The number of anilines is 1. The Morgan fingerprint density at radius 2 is 1.43 bits per heavy atom. The predicted octanol–water partition coefficient (Wildman–Crippen LogP) is 4.60. The van der Waals surface area contributed by atoms with Gasteiger partial charge in [-0.05, 0) is 43.7 Å². The molecule has 0 aliphatic heterocycles. The SMILES string of the molecule is Cc1ccc(C(=O)C(C)OC(=O)c2ccc(NC(=O)Cc3ccccc3)cc2)cc1. The van der Waals surface area contributed by atoms with E-state index in [2.05, 4.69) is 5.32 Å². The zero-order chi connectivity index (χ0) is 21.5. The average Bonchev–Trinajstić information content (AvgIpc) is 2.75. The fourth-order valence-electron chi connectivity index (χ4n) is 2.91. The molecule has 3 aromatic rings. The van der Waals surface area contributed by atoms with Gasteiger partial charge in [0.05, 0.1) is 12.0 Å². The molecule has 5 nitrogen and oxygen atoms in total. The van der Waals surface area contributed by atoms with Crippen LogP contribution in [0.3, 0.4) is 0 Å². The van der Waals surface area contributed by atoms with E-state index in [-0.39, 0.29) is 18.1 Å². The van der Waals surface area contributed by atoms with Crippen molar-refractivity contribution in [1.29, 1.82) is 0 Å². The van der Waals surface area contributed by atoms with Crippen molar-refractivity contribution in [3.8, 4) is 0 Å². The van der Waals surface area contributed by atoms with Gasteiger partial charge in [0.25, 0.3) is 0 Å². The van der Waals surface area contributed by atoms with Gasteiger partial charge in [-0.1, -0.05) is 60.2 Å². The van der Waals surface area contributed by atoms with Gasteiger partial charge in [-0.2, -0.15) is 0 Å². The fraction of sp³-hybridized carbons (Fsp3) is 0.160. The Balaban J connectivity index is 1.56. The maximum atomic E-state index is 12.4. The Hall–Kier alpha value is -3.73. The third kappa shape index (κ3) is 5.64. The summed E-state index contributed by atoms with van der Waals surface area (Å²) in [5.41, 5.74) is 3.35. The van der Waals surface area contributed by atoms with Crippen molar-refractivity contribution in [2.75, 3.05) is 5.32 Å². The number of ether oxygens (including phenoxy) is 1.